The summed E-state index contributed by atoms with van der Waals surface area (Å²) in [5.41, 5.74) is 1.20. The van der Waals surface area contributed by atoms with Gasteiger partial charge in [-0.3, -0.25) is 4.79 Å². The standard InChI is InChI=1S/C18H20ClN3O/c19-14-6-4-5-13(11-14)18(23)22-16-9-10-17(20-12-16)21-15-7-2-1-3-8-15/h4-6,9-12,15H,1-3,7-8H2,(H,20,21)(H,22,23). The third-order valence-electron chi connectivity index (χ3n) is 4.07. The maximum Gasteiger partial charge on any atom is 0.255 e. The molecule has 0 unspecified atom stereocenters. The molecule has 1 aliphatic carbocycles. The maximum absolute atomic E-state index is 12.2. The van der Waals surface area contributed by atoms with E-state index in [2.05, 4.69) is 15.6 Å². The third kappa shape index (κ3) is 4.45. The Morgan fingerprint density at radius 3 is 2.65 bits per heavy atom. The van der Waals surface area contributed by atoms with Gasteiger partial charge in [-0.25, -0.2) is 4.98 Å². The summed E-state index contributed by atoms with van der Waals surface area (Å²) in [6, 6.07) is 11.2. The Hall–Kier alpha value is -2.07. The zero-order chi connectivity index (χ0) is 16.1. The van der Waals surface area contributed by atoms with Crippen molar-refractivity contribution in [3.8, 4) is 0 Å². The van der Waals surface area contributed by atoms with Crippen LogP contribution >= 0.6 is 11.6 Å². The van der Waals surface area contributed by atoms with Gasteiger partial charge in [0.05, 0.1) is 11.9 Å². The average molecular weight is 330 g/mol. The number of aromatic nitrogens is 1. The van der Waals surface area contributed by atoms with Crippen LogP contribution in [0.4, 0.5) is 11.5 Å². The normalized spacial score (nSPS) is 15.2. The SMILES string of the molecule is O=C(Nc1ccc(NC2CCCCC2)nc1)c1cccc(Cl)c1. The molecular formula is C18H20ClN3O. The minimum Gasteiger partial charge on any atom is -0.367 e. The molecule has 23 heavy (non-hydrogen) atoms. The monoisotopic (exact) mass is 329 g/mol. The number of pyridine rings is 1. The van der Waals surface area contributed by atoms with Crippen molar-refractivity contribution in [2.45, 2.75) is 38.1 Å². The van der Waals surface area contributed by atoms with E-state index in [4.69, 9.17) is 11.6 Å². The Kier molecular flexibility index (Phi) is 5.13. The van der Waals surface area contributed by atoms with Crippen molar-refractivity contribution in [2.75, 3.05) is 10.6 Å². The molecule has 0 spiro atoms. The number of nitrogens with zero attached hydrogens (tertiary/aromatic N) is 1. The molecule has 1 amide bonds. The first-order valence-electron chi connectivity index (χ1n) is 8.00. The number of anilines is 2. The number of hydrogen-bond donors (Lipinski definition) is 2. The van der Waals surface area contributed by atoms with Gasteiger partial charge in [-0.05, 0) is 43.2 Å². The second-order valence-electron chi connectivity index (χ2n) is 5.88. The highest BCUT2D eigenvalue weighted by atomic mass is 35.5. The van der Waals surface area contributed by atoms with E-state index in [1.807, 2.05) is 12.1 Å². The van der Waals surface area contributed by atoms with Crippen LogP contribution in [0.1, 0.15) is 42.5 Å². The van der Waals surface area contributed by atoms with E-state index in [-0.39, 0.29) is 5.91 Å². The van der Waals surface area contributed by atoms with Crippen molar-refractivity contribution >= 4 is 29.0 Å². The highest BCUT2D eigenvalue weighted by molar-refractivity contribution is 6.31. The molecule has 2 aromatic rings. The molecule has 0 aliphatic heterocycles. The number of nitrogens with one attached hydrogen (secondary N) is 2. The van der Waals surface area contributed by atoms with Gasteiger partial charge < -0.3 is 10.6 Å². The smallest absolute Gasteiger partial charge is 0.255 e. The Morgan fingerprint density at radius 1 is 1.13 bits per heavy atom. The van der Waals surface area contributed by atoms with E-state index in [1.54, 1.807) is 30.5 Å². The summed E-state index contributed by atoms with van der Waals surface area (Å²) in [6.45, 7) is 0. The van der Waals surface area contributed by atoms with Crippen LogP contribution in [0, 0.1) is 0 Å². The van der Waals surface area contributed by atoms with Gasteiger partial charge in [0.25, 0.3) is 5.91 Å². The van der Waals surface area contributed by atoms with E-state index in [0.717, 1.165) is 5.82 Å². The first kappa shape index (κ1) is 15.8. The summed E-state index contributed by atoms with van der Waals surface area (Å²) in [5, 5.41) is 6.83. The van der Waals surface area contributed by atoms with Gasteiger partial charge in [0.2, 0.25) is 0 Å². The molecule has 0 saturated heterocycles. The predicted molar refractivity (Wildman–Crippen MR) is 94.1 cm³/mol. The lowest BCUT2D eigenvalue weighted by molar-refractivity contribution is 0.102. The molecular weight excluding hydrogens is 310 g/mol. The lowest BCUT2D eigenvalue weighted by atomic mass is 9.95. The first-order chi connectivity index (χ1) is 11.2. The predicted octanol–water partition coefficient (Wildman–Crippen LogP) is 4.73. The molecule has 1 heterocycles. The largest absolute Gasteiger partial charge is 0.367 e. The van der Waals surface area contributed by atoms with Crippen molar-refractivity contribution in [3.63, 3.8) is 0 Å². The summed E-state index contributed by atoms with van der Waals surface area (Å²) >= 11 is 5.90. The minimum atomic E-state index is -0.192. The van der Waals surface area contributed by atoms with Crippen LogP contribution in [0.15, 0.2) is 42.6 Å². The van der Waals surface area contributed by atoms with E-state index < -0.39 is 0 Å². The Bertz CT molecular complexity index is 666. The lowest BCUT2D eigenvalue weighted by Crippen LogP contribution is -2.22. The molecule has 1 aliphatic rings. The van der Waals surface area contributed by atoms with Crippen LogP contribution in [-0.4, -0.2) is 16.9 Å². The minimum absolute atomic E-state index is 0.192. The number of rotatable bonds is 4. The molecule has 1 fully saturated rings. The van der Waals surface area contributed by atoms with E-state index in [9.17, 15) is 4.79 Å². The van der Waals surface area contributed by atoms with Crippen LogP contribution in [0.5, 0.6) is 0 Å². The lowest BCUT2D eigenvalue weighted by Gasteiger charge is -2.23. The summed E-state index contributed by atoms with van der Waals surface area (Å²) in [6.07, 6.45) is 7.98. The molecule has 5 heteroatoms. The van der Waals surface area contributed by atoms with Crippen molar-refractivity contribution < 1.29 is 4.79 Å². The third-order valence-corrected chi connectivity index (χ3v) is 4.30. The van der Waals surface area contributed by atoms with Gasteiger partial charge in [-0.2, -0.15) is 0 Å². The number of halogens is 1. The van der Waals surface area contributed by atoms with Crippen molar-refractivity contribution in [3.05, 3.63) is 53.2 Å². The van der Waals surface area contributed by atoms with Gasteiger partial charge in [0.15, 0.2) is 0 Å². The van der Waals surface area contributed by atoms with E-state index in [0.29, 0.717) is 22.3 Å². The zero-order valence-corrected chi connectivity index (χ0v) is 13.6. The second kappa shape index (κ2) is 7.47. The van der Waals surface area contributed by atoms with Gasteiger partial charge in [0, 0.05) is 16.6 Å². The van der Waals surface area contributed by atoms with Crippen LogP contribution in [0.2, 0.25) is 5.02 Å². The van der Waals surface area contributed by atoms with Crippen molar-refractivity contribution in [1.29, 1.82) is 0 Å². The second-order valence-corrected chi connectivity index (χ2v) is 6.31. The number of carbonyl (C=O) groups is 1. The first-order valence-corrected chi connectivity index (χ1v) is 8.38. The quantitative estimate of drug-likeness (QED) is 0.852. The molecule has 2 N–H and O–H groups in total. The highest BCUT2D eigenvalue weighted by Gasteiger charge is 2.13. The zero-order valence-electron chi connectivity index (χ0n) is 12.9. The fourth-order valence-corrected chi connectivity index (χ4v) is 3.03. The number of amides is 1. The Morgan fingerprint density at radius 2 is 1.96 bits per heavy atom. The number of carbonyl (C=O) groups excluding carboxylic acids is 1. The van der Waals surface area contributed by atoms with Gasteiger partial charge in [-0.1, -0.05) is 36.9 Å². The Labute approximate surface area is 141 Å². The average Bonchev–Trinajstić information content (AvgIpc) is 2.57. The molecule has 1 saturated carbocycles. The van der Waals surface area contributed by atoms with Crippen LogP contribution in [-0.2, 0) is 0 Å². The fourth-order valence-electron chi connectivity index (χ4n) is 2.84. The molecule has 0 radical (unpaired) electrons. The van der Waals surface area contributed by atoms with Crippen LogP contribution < -0.4 is 10.6 Å². The molecule has 0 bridgehead atoms. The molecule has 1 aromatic heterocycles. The summed E-state index contributed by atoms with van der Waals surface area (Å²) in [7, 11) is 0. The van der Waals surface area contributed by atoms with Gasteiger partial charge >= 0.3 is 0 Å². The number of benzene rings is 1. The van der Waals surface area contributed by atoms with Crippen LogP contribution in [0.25, 0.3) is 0 Å². The maximum atomic E-state index is 12.2. The molecule has 4 nitrogen and oxygen atoms in total. The summed E-state index contributed by atoms with van der Waals surface area (Å²) < 4.78 is 0. The van der Waals surface area contributed by atoms with Crippen molar-refractivity contribution in [2.24, 2.45) is 0 Å². The molecule has 120 valence electrons. The molecule has 3 rings (SSSR count). The summed E-state index contributed by atoms with van der Waals surface area (Å²) in [4.78, 5) is 16.5. The number of hydrogen-bond acceptors (Lipinski definition) is 3. The fraction of sp³-hybridized carbons (Fsp3) is 0.333. The summed E-state index contributed by atoms with van der Waals surface area (Å²) in [5.74, 6) is 0.667. The van der Waals surface area contributed by atoms with Crippen molar-refractivity contribution in [1.82, 2.24) is 4.98 Å². The van der Waals surface area contributed by atoms with E-state index in [1.165, 1.54) is 32.1 Å². The van der Waals surface area contributed by atoms with E-state index >= 15 is 0 Å². The topological polar surface area (TPSA) is 54.0 Å². The molecule has 1 aromatic carbocycles. The van der Waals surface area contributed by atoms with Gasteiger partial charge in [0.1, 0.15) is 5.82 Å². The van der Waals surface area contributed by atoms with Gasteiger partial charge in [-0.15, -0.1) is 0 Å². The molecule has 0 atom stereocenters. The Balaban J connectivity index is 1.59. The van der Waals surface area contributed by atoms with Crippen LogP contribution in [0.3, 0.4) is 0 Å². The highest BCUT2D eigenvalue weighted by Crippen LogP contribution is 2.21.